The first kappa shape index (κ1) is 30.3. The van der Waals surface area contributed by atoms with Gasteiger partial charge in [0.1, 0.15) is 28.9 Å². The van der Waals surface area contributed by atoms with E-state index in [0.717, 1.165) is 0 Å². The van der Waals surface area contributed by atoms with Crippen molar-refractivity contribution in [3.05, 3.63) is 107 Å². The number of aromatic nitrogens is 2. The summed E-state index contributed by atoms with van der Waals surface area (Å²) < 4.78 is 83.6. The predicted octanol–water partition coefficient (Wildman–Crippen LogP) is 8.05. The van der Waals surface area contributed by atoms with E-state index in [-0.39, 0.29) is 17.2 Å². The average Bonchev–Trinajstić information content (AvgIpc) is 3.50. The van der Waals surface area contributed by atoms with Crippen LogP contribution in [0.3, 0.4) is 0 Å². The van der Waals surface area contributed by atoms with Gasteiger partial charge in [-0.3, -0.25) is 0 Å². The number of rotatable bonds is 5. The summed E-state index contributed by atoms with van der Waals surface area (Å²) in [7, 11) is 0. The van der Waals surface area contributed by atoms with Crippen LogP contribution in [0.15, 0.2) is 89.9 Å². The van der Waals surface area contributed by atoms with E-state index >= 15 is 0 Å². The van der Waals surface area contributed by atoms with Gasteiger partial charge < -0.3 is 14.8 Å². The summed E-state index contributed by atoms with van der Waals surface area (Å²) in [4.78, 5) is 13.8. The smallest absolute Gasteiger partial charge is 0.406 e. The highest BCUT2D eigenvalue weighted by molar-refractivity contribution is 6.23. The molecule has 0 fully saturated rings. The van der Waals surface area contributed by atoms with Crippen LogP contribution in [0.4, 0.5) is 26.3 Å². The van der Waals surface area contributed by atoms with Gasteiger partial charge in [-0.2, -0.15) is 15.5 Å². The average molecular weight is 655 g/mol. The van der Waals surface area contributed by atoms with Gasteiger partial charge in [0.25, 0.3) is 0 Å². The number of nitrogens with zero attached hydrogens (tertiary/aromatic N) is 5. The predicted molar refractivity (Wildman–Crippen MR) is 159 cm³/mol. The Bertz CT molecular complexity index is 2220. The Morgan fingerprint density at radius 1 is 0.625 bits per heavy atom. The van der Waals surface area contributed by atoms with E-state index in [0.29, 0.717) is 67.3 Å². The summed E-state index contributed by atoms with van der Waals surface area (Å²) in [5.74, 6) is -0.724. The lowest BCUT2D eigenvalue weighted by Crippen LogP contribution is -2.17. The number of aliphatic imine (C=N–C) groups is 1. The maximum atomic E-state index is 12.6. The molecule has 48 heavy (non-hydrogen) atoms. The van der Waals surface area contributed by atoms with E-state index in [1.807, 2.05) is 12.4 Å². The number of hydrogen-bond acceptors (Lipinski definition) is 8. The highest BCUT2D eigenvalue weighted by atomic mass is 19.4. The molecule has 0 saturated heterocycles. The first-order valence-corrected chi connectivity index (χ1v) is 14.0. The van der Waals surface area contributed by atoms with Crippen molar-refractivity contribution in [2.75, 3.05) is 0 Å². The molecule has 0 aliphatic heterocycles. The van der Waals surface area contributed by atoms with Gasteiger partial charge in [-0.25, -0.2) is 9.97 Å². The molecule has 5 aromatic rings. The first-order valence-electron chi connectivity index (χ1n) is 14.0. The summed E-state index contributed by atoms with van der Waals surface area (Å²) in [6.07, 6.45) is -5.87. The second-order valence-corrected chi connectivity index (χ2v) is 10.6. The minimum atomic E-state index is -4.82. The van der Waals surface area contributed by atoms with E-state index in [4.69, 9.17) is 9.97 Å². The Morgan fingerprint density at radius 3 is 1.71 bits per heavy atom. The number of nitrogens with one attached hydrogen (secondary N) is 1. The number of halogens is 6. The van der Waals surface area contributed by atoms with Gasteiger partial charge in [-0.1, -0.05) is 48.5 Å². The van der Waals surface area contributed by atoms with Crippen molar-refractivity contribution < 1.29 is 35.8 Å². The zero-order valence-electron chi connectivity index (χ0n) is 24.0. The van der Waals surface area contributed by atoms with Crippen molar-refractivity contribution in [1.82, 2.24) is 15.3 Å². The van der Waals surface area contributed by atoms with E-state index < -0.39 is 18.8 Å². The fraction of sp³-hybridized carbons (Fsp3) is 0.0882. The van der Waals surface area contributed by atoms with Crippen molar-refractivity contribution in [3.63, 3.8) is 0 Å². The molecule has 0 saturated carbocycles. The maximum absolute atomic E-state index is 12.6. The molecule has 1 N–H and O–H groups in total. The molecule has 7 rings (SSSR count). The molecule has 1 aromatic heterocycles. The lowest BCUT2D eigenvalue weighted by Gasteiger charge is -2.13. The monoisotopic (exact) mass is 654 g/mol. The summed E-state index contributed by atoms with van der Waals surface area (Å²) in [6.45, 7) is 0. The molecule has 236 valence electrons. The van der Waals surface area contributed by atoms with Crippen LogP contribution in [-0.2, 0) is 0 Å². The number of nitriles is 2. The third kappa shape index (κ3) is 5.49. The van der Waals surface area contributed by atoms with Gasteiger partial charge in [0.2, 0.25) is 6.19 Å². The molecule has 14 heteroatoms. The molecular formula is C34H16F6N6O2. The zero-order valence-corrected chi connectivity index (χ0v) is 24.0. The van der Waals surface area contributed by atoms with Crippen molar-refractivity contribution >= 4 is 5.71 Å². The van der Waals surface area contributed by atoms with Crippen LogP contribution >= 0.6 is 0 Å². The van der Waals surface area contributed by atoms with Crippen LogP contribution in [-0.4, -0.2) is 28.4 Å². The second kappa shape index (κ2) is 11.1. The lowest BCUT2D eigenvalue weighted by atomic mass is 9.98. The first-order chi connectivity index (χ1) is 22.9. The molecule has 1 atom stereocenters. The normalized spacial score (nSPS) is 15.1. The van der Waals surface area contributed by atoms with Gasteiger partial charge in [-0.15, -0.1) is 26.3 Å². The standard InChI is InChI=1S/C34H16F6N6O2/c35-33(36,37)47-21-7-1-17(2-8-21)19-5-11-23-25(13-19)27(43-15-41)31-29(23)45-32-28(44-16-42)26-14-20(6-12-24(26)30(32)46-31)18-3-9-22(10-4-18)48-34(38,39)40/h1-14,27,43H/b44-28+. The van der Waals surface area contributed by atoms with Gasteiger partial charge >= 0.3 is 12.7 Å². The van der Waals surface area contributed by atoms with Gasteiger partial charge in [0, 0.05) is 16.7 Å². The molecule has 0 spiro atoms. The third-order valence-corrected chi connectivity index (χ3v) is 7.78. The summed E-state index contributed by atoms with van der Waals surface area (Å²) in [6, 6.07) is 20.6. The quantitative estimate of drug-likeness (QED) is 0.114. The lowest BCUT2D eigenvalue weighted by molar-refractivity contribution is -0.275. The van der Waals surface area contributed by atoms with Gasteiger partial charge in [0.15, 0.2) is 6.19 Å². The van der Waals surface area contributed by atoms with E-state index in [1.165, 1.54) is 48.5 Å². The van der Waals surface area contributed by atoms with Crippen molar-refractivity contribution in [1.29, 1.82) is 10.5 Å². The molecular weight excluding hydrogens is 638 g/mol. The van der Waals surface area contributed by atoms with Crippen LogP contribution in [0.25, 0.3) is 44.8 Å². The Morgan fingerprint density at radius 2 is 1.17 bits per heavy atom. The number of hydrogen-bond donors (Lipinski definition) is 1. The van der Waals surface area contributed by atoms with Crippen molar-refractivity contribution in [2.24, 2.45) is 4.99 Å². The van der Waals surface area contributed by atoms with Crippen LogP contribution in [0.1, 0.15) is 28.6 Å². The maximum Gasteiger partial charge on any atom is 0.573 e. The van der Waals surface area contributed by atoms with Crippen LogP contribution < -0.4 is 14.8 Å². The topological polar surface area (TPSA) is 116 Å². The molecule has 2 aliphatic carbocycles. The summed E-state index contributed by atoms with van der Waals surface area (Å²) in [5, 5.41) is 22.0. The van der Waals surface area contributed by atoms with Crippen LogP contribution in [0, 0.1) is 22.9 Å². The van der Waals surface area contributed by atoms with E-state index in [2.05, 4.69) is 19.8 Å². The Hall–Kier alpha value is -6.41. The van der Waals surface area contributed by atoms with Crippen LogP contribution in [0.5, 0.6) is 11.5 Å². The number of alkyl halides is 6. The minimum absolute atomic E-state index is 0.257. The van der Waals surface area contributed by atoms with Crippen LogP contribution in [0.2, 0.25) is 0 Å². The summed E-state index contributed by atoms with van der Waals surface area (Å²) >= 11 is 0. The minimum Gasteiger partial charge on any atom is -0.406 e. The molecule has 2 aliphatic rings. The Labute approximate surface area is 267 Å². The molecule has 4 aromatic carbocycles. The Balaban J connectivity index is 1.26. The fourth-order valence-electron chi connectivity index (χ4n) is 5.87. The number of benzene rings is 4. The van der Waals surface area contributed by atoms with Crippen molar-refractivity contribution in [2.45, 2.75) is 18.8 Å². The highest BCUT2D eigenvalue weighted by Crippen LogP contribution is 2.47. The van der Waals surface area contributed by atoms with Crippen molar-refractivity contribution in [3.8, 4) is 68.7 Å². The fourth-order valence-corrected chi connectivity index (χ4v) is 5.87. The SMILES string of the molecule is N#C/N=C1\c2cc(-c3ccc(OC(F)(F)F)cc3)ccc2-c2nc3c(nc21)-c1ccc(-c2ccc(OC(F)(F)F)cc2)cc1C3NC#N. The van der Waals surface area contributed by atoms with Gasteiger partial charge in [0.05, 0.1) is 17.1 Å². The third-order valence-electron chi connectivity index (χ3n) is 7.78. The molecule has 1 unspecified atom stereocenters. The highest BCUT2D eigenvalue weighted by Gasteiger charge is 2.38. The van der Waals surface area contributed by atoms with Gasteiger partial charge in [-0.05, 0) is 64.2 Å². The molecule has 0 amide bonds. The second-order valence-electron chi connectivity index (χ2n) is 10.6. The molecule has 1 heterocycles. The van der Waals surface area contributed by atoms with E-state index in [9.17, 15) is 36.9 Å². The summed E-state index contributed by atoms with van der Waals surface area (Å²) in [5.41, 5.74) is 6.91. The Kier molecular flexibility index (Phi) is 7.02. The largest absolute Gasteiger partial charge is 0.573 e. The van der Waals surface area contributed by atoms with E-state index in [1.54, 1.807) is 36.4 Å². The zero-order chi connectivity index (χ0) is 33.8. The molecule has 0 bridgehead atoms. The molecule has 8 nitrogen and oxygen atoms in total. The number of fused-ring (bicyclic) bond motifs is 6. The number of ether oxygens (including phenoxy) is 2. The molecule has 0 radical (unpaired) electrons.